The van der Waals surface area contributed by atoms with Gasteiger partial charge in [0, 0.05) is 26.7 Å². The largest absolute Gasteiger partial charge is 0.383 e. The number of methoxy groups -OCH3 is 1. The molecule has 1 unspecified atom stereocenters. The molecule has 1 aliphatic heterocycles. The molecule has 2 N–H and O–H groups in total. The minimum atomic E-state index is -0.0719. The summed E-state index contributed by atoms with van der Waals surface area (Å²) in [6.07, 6.45) is 2.20. The summed E-state index contributed by atoms with van der Waals surface area (Å²) >= 11 is 0. The Morgan fingerprint density at radius 3 is 2.65 bits per heavy atom. The van der Waals surface area contributed by atoms with E-state index in [0.29, 0.717) is 13.2 Å². The minimum Gasteiger partial charge on any atom is -0.383 e. The molecule has 100 valence electrons. The van der Waals surface area contributed by atoms with E-state index in [1.165, 1.54) is 0 Å². The molecule has 1 saturated heterocycles. The number of amides is 2. The third-order valence-corrected chi connectivity index (χ3v) is 3.38. The summed E-state index contributed by atoms with van der Waals surface area (Å²) in [5, 5.41) is 6.44. The average Bonchev–Trinajstić information content (AvgIpc) is 2.78. The second kappa shape index (κ2) is 6.81. The third kappa shape index (κ3) is 3.85. The van der Waals surface area contributed by atoms with Crippen molar-refractivity contribution < 1.29 is 9.53 Å². The highest BCUT2D eigenvalue weighted by atomic mass is 16.5. The van der Waals surface area contributed by atoms with Crippen molar-refractivity contribution in [2.75, 3.05) is 39.9 Å². The van der Waals surface area contributed by atoms with E-state index in [1.807, 2.05) is 13.8 Å². The van der Waals surface area contributed by atoms with E-state index in [0.717, 1.165) is 32.5 Å². The zero-order valence-corrected chi connectivity index (χ0v) is 11.2. The van der Waals surface area contributed by atoms with Crippen LogP contribution in [0.4, 0.5) is 4.79 Å². The Bertz CT molecular complexity index is 236. The molecule has 0 bridgehead atoms. The van der Waals surface area contributed by atoms with Gasteiger partial charge in [0.25, 0.3) is 0 Å². The lowest BCUT2D eigenvalue weighted by molar-refractivity contribution is 0.118. The van der Waals surface area contributed by atoms with Gasteiger partial charge in [-0.3, -0.25) is 0 Å². The summed E-state index contributed by atoms with van der Waals surface area (Å²) in [5.41, 5.74) is -0.0719. The maximum atomic E-state index is 11.9. The molecule has 0 radical (unpaired) electrons. The molecular formula is C12H25N3O2. The first kappa shape index (κ1) is 14.3. The summed E-state index contributed by atoms with van der Waals surface area (Å²) in [7, 11) is 1.70. The monoisotopic (exact) mass is 243 g/mol. The van der Waals surface area contributed by atoms with Crippen LogP contribution in [0.15, 0.2) is 0 Å². The fraction of sp³-hybridized carbons (Fsp3) is 0.917. The number of hydrogen-bond acceptors (Lipinski definition) is 3. The molecule has 5 heteroatoms. The number of urea groups is 1. The molecule has 0 aromatic heterocycles. The lowest BCUT2D eigenvalue weighted by atomic mass is 9.99. The number of carbonyl (C=O) groups excluding carboxylic acids is 1. The zero-order chi connectivity index (χ0) is 12.7. The van der Waals surface area contributed by atoms with E-state index in [2.05, 4.69) is 10.6 Å². The molecule has 5 nitrogen and oxygen atoms in total. The molecule has 1 heterocycles. The van der Waals surface area contributed by atoms with E-state index >= 15 is 0 Å². The summed E-state index contributed by atoms with van der Waals surface area (Å²) in [6.45, 7) is 7.75. The van der Waals surface area contributed by atoms with Gasteiger partial charge in [-0.25, -0.2) is 4.79 Å². The van der Waals surface area contributed by atoms with Crippen molar-refractivity contribution in [2.45, 2.75) is 32.2 Å². The van der Waals surface area contributed by atoms with Gasteiger partial charge < -0.3 is 20.3 Å². The van der Waals surface area contributed by atoms with E-state index in [9.17, 15) is 4.79 Å². The summed E-state index contributed by atoms with van der Waals surface area (Å²) < 4.78 is 5.25. The maximum absolute atomic E-state index is 11.9. The molecule has 0 aromatic carbocycles. The van der Waals surface area contributed by atoms with Crippen molar-refractivity contribution in [1.82, 2.24) is 15.5 Å². The summed E-state index contributed by atoms with van der Waals surface area (Å²) in [4.78, 5) is 13.6. The van der Waals surface area contributed by atoms with E-state index in [-0.39, 0.29) is 11.6 Å². The van der Waals surface area contributed by atoms with Crippen LogP contribution in [0.3, 0.4) is 0 Å². The molecule has 1 aliphatic rings. The number of hydrogen-bond donors (Lipinski definition) is 2. The van der Waals surface area contributed by atoms with Gasteiger partial charge in [-0.2, -0.15) is 0 Å². The molecule has 1 atom stereocenters. The Labute approximate surface area is 104 Å². The van der Waals surface area contributed by atoms with E-state index in [4.69, 9.17) is 4.74 Å². The molecule has 1 fully saturated rings. The van der Waals surface area contributed by atoms with Crippen LogP contribution in [-0.2, 0) is 4.74 Å². The molecule has 0 aliphatic carbocycles. The van der Waals surface area contributed by atoms with Crippen molar-refractivity contribution >= 4 is 6.03 Å². The van der Waals surface area contributed by atoms with Crippen LogP contribution < -0.4 is 10.6 Å². The van der Waals surface area contributed by atoms with Crippen molar-refractivity contribution in [3.8, 4) is 0 Å². The number of ether oxygens (including phenoxy) is 1. The van der Waals surface area contributed by atoms with Gasteiger partial charge in [-0.05, 0) is 33.2 Å². The molecule has 0 aromatic rings. The second-order valence-electron chi connectivity index (χ2n) is 4.57. The van der Waals surface area contributed by atoms with Crippen LogP contribution in [0.25, 0.3) is 0 Å². The molecule has 0 saturated carbocycles. The molecule has 17 heavy (non-hydrogen) atoms. The van der Waals surface area contributed by atoms with Crippen LogP contribution in [0, 0.1) is 0 Å². The predicted molar refractivity (Wildman–Crippen MR) is 68.2 cm³/mol. The van der Waals surface area contributed by atoms with E-state index < -0.39 is 0 Å². The first-order chi connectivity index (χ1) is 8.17. The van der Waals surface area contributed by atoms with Crippen molar-refractivity contribution in [1.29, 1.82) is 0 Å². The van der Waals surface area contributed by atoms with Gasteiger partial charge in [0.2, 0.25) is 0 Å². The normalized spacial score (nSPS) is 23.7. The maximum Gasteiger partial charge on any atom is 0.317 e. The molecule has 0 spiro atoms. The summed E-state index contributed by atoms with van der Waals surface area (Å²) in [6, 6.07) is 0.0131. The van der Waals surface area contributed by atoms with Gasteiger partial charge in [-0.1, -0.05) is 0 Å². The standard InChI is InChI=1S/C12H25N3O2/c1-4-15(5-2)11(16)13-9-12(10-17-3)7-6-8-14-12/h14H,4-10H2,1-3H3,(H,13,16). The highest BCUT2D eigenvalue weighted by Gasteiger charge is 2.34. The van der Waals surface area contributed by atoms with Crippen LogP contribution in [-0.4, -0.2) is 56.4 Å². The second-order valence-corrected chi connectivity index (χ2v) is 4.57. The van der Waals surface area contributed by atoms with Gasteiger partial charge >= 0.3 is 6.03 Å². The Hall–Kier alpha value is -0.810. The Balaban J connectivity index is 2.44. The van der Waals surface area contributed by atoms with Gasteiger partial charge in [0.1, 0.15) is 0 Å². The highest BCUT2D eigenvalue weighted by Crippen LogP contribution is 2.18. The predicted octanol–water partition coefficient (Wildman–Crippen LogP) is 0.806. The molecular weight excluding hydrogens is 218 g/mol. The Morgan fingerprint density at radius 2 is 2.18 bits per heavy atom. The smallest absolute Gasteiger partial charge is 0.317 e. The Morgan fingerprint density at radius 1 is 1.47 bits per heavy atom. The van der Waals surface area contributed by atoms with Crippen LogP contribution >= 0.6 is 0 Å². The molecule has 2 amide bonds. The van der Waals surface area contributed by atoms with Crippen LogP contribution in [0.1, 0.15) is 26.7 Å². The minimum absolute atomic E-state index is 0.0131. The highest BCUT2D eigenvalue weighted by molar-refractivity contribution is 5.74. The zero-order valence-electron chi connectivity index (χ0n) is 11.2. The first-order valence-corrected chi connectivity index (χ1v) is 6.44. The van der Waals surface area contributed by atoms with Gasteiger partial charge in [0.15, 0.2) is 0 Å². The number of carbonyl (C=O) groups is 1. The fourth-order valence-corrected chi connectivity index (χ4v) is 2.34. The quantitative estimate of drug-likeness (QED) is 0.726. The van der Waals surface area contributed by atoms with Crippen molar-refractivity contribution in [3.05, 3.63) is 0 Å². The molecule has 1 rings (SSSR count). The van der Waals surface area contributed by atoms with Gasteiger partial charge in [-0.15, -0.1) is 0 Å². The number of nitrogens with zero attached hydrogens (tertiary/aromatic N) is 1. The van der Waals surface area contributed by atoms with Crippen molar-refractivity contribution in [3.63, 3.8) is 0 Å². The number of nitrogens with one attached hydrogen (secondary N) is 2. The van der Waals surface area contributed by atoms with Crippen LogP contribution in [0.2, 0.25) is 0 Å². The van der Waals surface area contributed by atoms with Crippen molar-refractivity contribution in [2.24, 2.45) is 0 Å². The third-order valence-electron chi connectivity index (χ3n) is 3.38. The fourth-order valence-electron chi connectivity index (χ4n) is 2.34. The average molecular weight is 243 g/mol. The SMILES string of the molecule is CCN(CC)C(=O)NCC1(COC)CCCN1. The lowest BCUT2D eigenvalue weighted by Crippen LogP contribution is -2.54. The van der Waals surface area contributed by atoms with Crippen LogP contribution in [0.5, 0.6) is 0 Å². The lowest BCUT2D eigenvalue weighted by Gasteiger charge is -2.30. The Kier molecular flexibility index (Phi) is 5.71. The summed E-state index contributed by atoms with van der Waals surface area (Å²) in [5.74, 6) is 0. The van der Waals surface area contributed by atoms with E-state index in [1.54, 1.807) is 12.0 Å². The van der Waals surface area contributed by atoms with Gasteiger partial charge in [0.05, 0.1) is 12.1 Å². The first-order valence-electron chi connectivity index (χ1n) is 6.44. The topological polar surface area (TPSA) is 53.6 Å². The number of rotatable bonds is 6.